The Bertz CT molecular complexity index is 1860. The molecule has 0 spiro atoms. The van der Waals surface area contributed by atoms with Crippen LogP contribution in [0.5, 0.6) is 0 Å². The molecular weight excluding hydrogens is 622 g/mol. The van der Waals surface area contributed by atoms with Crippen LogP contribution in [-0.2, 0) is 4.79 Å². The van der Waals surface area contributed by atoms with Crippen LogP contribution in [0, 0.1) is 0 Å². The van der Waals surface area contributed by atoms with Crippen molar-refractivity contribution in [3.63, 3.8) is 0 Å². The van der Waals surface area contributed by atoms with E-state index < -0.39 is 41.1 Å². The number of hydrogen-bond acceptors (Lipinski definition) is 1. The molecule has 0 fully saturated rings. The molecule has 0 amide bonds. The van der Waals surface area contributed by atoms with E-state index in [1.807, 2.05) is 0 Å². The molecule has 0 aliphatic rings. The molecule has 2 atom stereocenters. The summed E-state index contributed by atoms with van der Waals surface area (Å²) in [6.45, 7) is 0. The second-order valence-corrected chi connectivity index (χ2v) is 11.4. The minimum absolute atomic E-state index is 0.0243. The Balaban J connectivity index is 1.56. The molecule has 6 aromatic rings. The van der Waals surface area contributed by atoms with Crippen LogP contribution in [0.15, 0.2) is 158 Å². The zero-order valence-electron chi connectivity index (χ0n) is 25.3. The van der Waals surface area contributed by atoms with Gasteiger partial charge < -0.3 is 0 Å². The van der Waals surface area contributed by atoms with Gasteiger partial charge in [0.2, 0.25) is 0 Å². The summed E-state index contributed by atoms with van der Waals surface area (Å²) in [5, 5.41) is 0. The molecule has 0 aliphatic carbocycles. The van der Waals surface area contributed by atoms with Crippen molar-refractivity contribution in [3.8, 4) is 44.5 Å². The van der Waals surface area contributed by atoms with Gasteiger partial charge in [0.05, 0.1) is 0 Å². The van der Waals surface area contributed by atoms with Gasteiger partial charge in [-0.25, -0.2) is 0 Å². The Hall–Kier alpha value is -5.43. The van der Waals surface area contributed by atoms with Gasteiger partial charge in [0, 0.05) is 0 Å². The van der Waals surface area contributed by atoms with E-state index in [4.69, 9.17) is 0 Å². The molecule has 0 saturated carbocycles. The summed E-state index contributed by atoms with van der Waals surface area (Å²) in [6, 6.07) is 42.0. The standard InChI is InChI=1S/C41H28F6O/c42-40(43,44)37(33-23-21-31(27-13-5-1-6-14-27)25-35(33)29-17-9-3-10-18-29)39(48)38(41(45,46)47)34-24-22-32(28-15-7-2-8-16-28)26-36(34)30-19-11-4-12-20-30/h1-26,37-38H. The first-order chi connectivity index (χ1) is 23.0. The lowest BCUT2D eigenvalue weighted by Gasteiger charge is -2.29. The van der Waals surface area contributed by atoms with Crippen LogP contribution in [-0.4, -0.2) is 18.1 Å². The molecule has 0 N–H and O–H groups in total. The zero-order chi connectivity index (χ0) is 33.9. The van der Waals surface area contributed by atoms with Crippen LogP contribution in [0.1, 0.15) is 23.0 Å². The van der Waals surface area contributed by atoms with E-state index in [-0.39, 0.29) is 11.1 Å². The van der Waals surface area contributed by atoms with Gasteiger partial charge >= 0.3 is 12.4 Å². The first-order valence-corrected chi connectivity index (χ1v) is 15.2. The Morgan fingerprint density at radius 1 is 0.375 bits per heavy atom. The zero-order valence-corrected chi connectivity index (χ0v) is 25.3. The average Bonchev–Trinajstić information content (AvgIpc) is 3.09. The van der Waals surface area contributed by atoms with Crippen LogP contribution in [0.2, 0.25) is 0 Å². The number of rotatable bonds is 8. The van der Waals surface area contributed by atoms with Crippen LogP contribution in [0.4, 0.5) is 26.3 Å². The normalized spacial score (nSPS) is 13.1. The quantitative estimate of drug-likeness (QED) is 0.150. The summed E-state index contributed by atoms with van der Waals surface area (Å²) >= 11 is 0. The number of hydrogen-bond donors (Lipinski definition) is 0. The van der Waals surface area contributed by atoms with Gasteiger partial charge in [-0.15, -0.1) is 0 Å². The third kappa shape index (κ3) is 6.81. The summed E-state index contributed by atoms with van der Waals surface area (Å²) in [7, 11) is 0. The van der Waals surface area contributed by atoms with Gasteiger partial charge in [-0.3, -0.25) is 4.79 Å². The molecule has 240 valence electrons. The molecular formula is C41H28F6O. The third-order valence-electron chi connectivity index (χ3n) is 8.34. The minimum Gasteiger partial charge on any atom is -0.298 e. The van der Waals surface area contributed by atoms with Crippen molar-refractivity contribution in [2.75, 3.05) is 0 Å². The summed E-state index contributed by atoms with van der Waals surface area (Å²) in [5.74, 6) is -8.13. The summed E-state index contributed by atoms with van der Waals surface area (Å²) < 4.78 is 91.0. The maximum atomic E-state index is 15.2. The number of carbonyl (C=O) groups excluding carboxylic acids is 1. The molecule has 1 nitrogen and oxygen atoms in total. The van der Waals surface area contributed by atoms with Gasteiger partial charge in [-0.1, -0.05) is 146 Å². The van der Waals surface area contributed by atoms with Crippen molar-refractivity contribution < 1.29 is 31.1 Å². The molecule has 0 radical (unpaired) electrons. The van der Waals surface area contributed by atoms with Gasteiger partial charge in [-0.05, 0) is 67.8 Å². The summed E-state index contributed by atoms with van der Waals surface area (Å²) in [4.78, 5) is 14.2. The number of halogens is 6. The second kappa shape index (κ2) is 13.4. The first kappa shape index (κ1) is 32.5. The monoisotopic (exact) mass is 650 g/mol. The molecule has 0 bridgehead atoms. The van der Waals surface area contributed by atoms with Gasteiger partial charge in [-0.2, -0.15) is 26.3 Å². The lowest BCUT2D eigenvalue weighted by atomic mass is 9.77. The van der Waals surface area contributed by atoms with E-state index in [1.165, 1.54) is 24.3 Å². The lowest BCUT2D eigenvalue weighted by Crippen LogP contribution is -2.38. The number of carbonyl (C=O) groups is 1. The smallest absolute Gasteiger partial charge is 0.298 e. The van der Waals surface area contributed by atoms with Crippen LogP contribution >= 0.6 is 0 Å². The highest BCUT2D eigenvalue weighted by atomic mass is 19.4. The highest BCUT2D eigenvalue weighted by molar-refractivity contribution is 5.97. The van der Waals surface area contributed by atoms with E-state index in [9.17, 15) is 4.79 Å². The Labute approximate surface area is 274 Å². The van der Waals surface area contributed by atoms with Gasteiger partial charge in [0.1, 0.15) is 11.8 Å². The van der Waals surface area contributed by atoms with Crippen LogP contribution in [0.3, 0.4) is 0 Å². The minimum atomic E-state index is -5.34. The van der Waals surface area contributed by atoms with E-state index in [0.29, 0.717) is 33.4 Å². The molecule has 6 rings (SSSR count). The number of Topliss-reactive ketones (excluding diaryl/α,β-unsaturated/α-hetero) is 1. The Morgan fingerprint density at radius 2 is 0.667 bits per heavy atom. The fraction of sp³-hybridized carbons (Fsp3) is 0.0976. The molecule has 6 aromatic carbocycles. The molecule has 0 aromatic heterocycles. The molecule has 48 heavy (non-hydrogen) atoms. The predicted octanol–water partition coefficient (Wildman–Crippen LogP) is 11.9. The maximum absolute atomic E-state index is 15.2. The molecule has 0 aliphatic heterocycles. The molecule has 2 unspecified atom stereocenters. The third-order valence-corrected chi connectivity index (χ3v) is 8.34. The maximum Gasteiger partial charge on any atom is 0.402 e. The number of ketones is 1. The van der Waals surface area contributed by atoms with Gasteiger partial charge in [0.15, 0.2) is 5.78 Å². The fourth-order valence-electron chi connectivity index (χ4n) is 6.12. The average molecular weight is 651 g/mol. The van der Waals surface area contributed by atoms with Crippen molar-refractivity contribution in [1.82, 2.24) is 0 Å². The Morgan fingerprint density at radius 3 is 0.958 bits per heavy atom. The molecule has 7 heteroatoms. The van der Waals surface area contributed by atoms with Crippen molar-refractivity contribution in [2.45, 2.75) is 24.2 Å². The summed E-state index contributed by atoms with van der Waals surface area (Å²) in [5.41, 5.74) is 2.16. The lowest BCUT2D eigenvalue weighted by molar-refractivity contribution is -0.183. The van der Waals surface area contributed by atoms with Crippen LogP contribution in [0.25, 0.3) is 44.5 Å². The summed E-state index contributed by atoms with van der Waals surface area (Å²) in [6.07, 6.45) is -10.7. The fourth-order valence-corrected chi connectivity index (χ4v) is 6.12. The SMILES string of the molecule is O=C(C(c1ccc(-c2ccccc2)cc1-c1ccccc1)C(F)(F)F)C(c1ccc(-c2ccccc2)cc1-c1ccccc1)C(F)(F)F. The molecule has 0 saturated heterocycles. The van der Waals surface area contributed by atoms with Crippen molar-refractivity contribution in [2.24, 2.45) is 0 Å². The predicted molar refractivity (Wildman–Crippen MR) is 177 cm³/mol. The van der Waals surface area contributed by atoms with E-state index in [2.05, 4.69) is 0 Å². The second-order valence-electron chi connectivity index (χ2n) is 11.4. The van der Waals surface area contributed by atoms with E-state index in [1.54, 1.807) is 121 Å². The van der Waals surface area contributed by atoms with Crippen molar-refractivity contribution in [3.05, 3.63) is 169 Å². The topological polar surface area (TPSA) is 17.1 Å². The van der Waals surface area contributed by atoms with Crippen molar-refractivity contribution in [1.29, 1.82) is 0 Å². The van der Waals surface area contributed by atoms with Gasteiger partial charge in [0.25, 0.3) is 0 Å². The number of alkyl halides is 6. The largest absolute Gasteiger partial charge is 0.402 e. The Kier molecular flexibility index (Phi) is 9.05. The van der Waals surface area contributed by atoms with Crippen molar-refractivity contribution >= 4 is 5.78 Å². The number of benzene rings is 6. The first-order valence-electron chi connectivity index (χ1n) is 15.2. The highest BCUT2D eigenvalue weighted by Crippen LogP contribution is 2.49. The van der Waals surface area contributed by atoms with E-state index >= 15 is 26.3 Å². The van der Waals surface area contributed by atoms with Crippen LogP contribution < -0.4 is 0 Å². The molecule has 0 heterocycles. The highest BCUT2D eigenvalue weighted by Gasteiger charge is 2.56. The van der Waals surface area contributed by atoms with E-state index in [0.717, 1.165) is 12.1 Å².